The van der Waals surface area contributed by atoms with Gasteiger partial charge < -0.3 is 4.90 Å². The third-order valence-corrected chi connectivity index (χ3v) is 4.50. The number of amides is 3. The lowest BCUT2D eigenvalue weighted by Crippen LogP contribution is -2.32. The first-order valence-electron chi connectivity index (χ1n) is 8.51. The lowest BCUT2D eigenvalue weighted by molar-refractivity contribution is -0.130. The topological polar surface area (TPSA) is 57.7 Å². The van der Waals surface area contributed by atoms with Crippen molar-refractivity contribution >= 4 is 17.7 Å². The first kappa shape index (κ1) is 18.7. The molecule has 5 nitrogen and oxygen atoms in total. The van der Waals surface area contributed by atoms with E-state index in [-0.39, 0.29) is 42.8 Å². The molecule has 2 aromatic rings. The SMILES string of the molecule is CN(Cc1ccc(F)cc1F)C(=O)CCCN1C(=O)c2ccccc2C1=O. The number of fused-ring (bicyclic) bond motifs is 1. The van der Waals surface area contributed by atoms with Gasteiger partial charge >= 0.3 is 0 Å². The van der Waals surface area contributed by atoms with Crippen molar-refractivity contribution in [2.75, 3.05) is 13.6 Å². The Labute approximate surface area is 155 Å². The zero-order chi connectivity index (χ0) is 19.6. The van der Waals surface area contributed by atoms with Crippen molar-refractivity contribution in [2.45, 2.75) is 19.4 Å². The van der Waals surface area contributed by atoms with Crippen molar-refractivity contribution in [3.05, 3.63) is 70.8 Å². The molecular weight excluding hydrogens is 354 g/mol. The Morgan fingerprint density at radius 1 is 1.04 bits per heavy atom. The molecule has 2 aromatic carbocycles. The van der Waals surface area contributed by atoms with Crippen LogP contribution in [0.2, 0.25) is 0 Å². The van der Waals surface area contributed by atoms with E-state index in [2.05, 4.69) is 0 Å². The van der Waals surface area contributed by atoms with Crippen LogP contribution in [0.5, 0.6) is 0 Å². The third kappa shape index (κ3) is 3.86. The number of carbonyl (C=O) groups excluding carboxylic acids is 3. The normalized spacial score (nSPS) is 13.1. The Balaban J connectivity index is 1.52. The summed E-state index contributed by atoms with van der Waals surface area (Å²) in [5, 5.41) is 0. The Hall–Kier alpha value is -3.09. The van der Waals surface area contributed by atoms with E-state index >= 15 is 0 Å². The molecule has 0 atom stereocenters. The van der Waals surface area contributed by atoms with Crippen molar-refractivity contribution in [2.24, 2.45) is 0 Å². The summed E-state index contributed by atoms with van der Waals surface area (Å²) < 4.78 is 26.6. The second-order valence-electron chi connectivity index (χ2n) is 6.40. The maximum Gasteiger partial charge on any atom is 0.261 e. The summed E-state index contributed by atoms with van der Waals surface area (Å²) in [5.74, 6) is -2.35. The van der Waals surface area contributed by atoms with Gasteiger partial charge in [0.1, 0.15) is 11.6 Å². The first-order valence-corrected chi connectivity index (χ1v) is 8.51. The number of rotatable bonds is 6. The summed E-state index contributed by atoms with van der Waals surface area (Å²) in [5.41, 5.74) is 0.961. The van der Waals surface area contributed by atoms with Gasteiger partial charge in [0.15, 0.2) is 0 Å². The molecule has 0 fully saturated rings. The number of hydrogen-bond donors (Lipinski definition) is 0. The zero-order valence-corrected chi connectivity index (χ0v) is 14.7. The van der Waals surface area contributed by atoms with E-state index in [9.17, 15) is 23.2 Å². The second-order valence-corrected chi connectivity index (χ2v) is 6.40. The minimum Gasteiger partial charge on any atom is -0.341 e. The minimum atomic E-state index is -0.708. The maximum absolute atomic E-state index is 13.7. The van der Waals surface area contributed by atoms with Crippen molar-refractivity contribution in [1.29, 1.82) is 0 Å². The molecular formula is C20H18F2N2O3. The quantitative estimate of drug-likeness (QED) is 0.733. The second kappa shape index (κ2) is 7.65. The van der Waals surface area contributed by atoms with E-state index in [0.29, 0.717) is 17.5 Å². The van der Waals surface area contributed by atoms with Gasteiger partial charge in [0.25, 0.3) is 11.8 Å². The third-order valence-electron chi connectivity index (χ3n) is 4.50. The van der Waals surface area contributed by atoms with Gasteiger partial charge in [-0.1, -0.05) is 18.2 Å². The van der Waals surface area contributed by atoms with Crippen LogP contribution in [0.4, 0.5) is 8.78 Å². The fraction of sp³-hybridized carbons (Fsp3) is 0.250. The molecule has 140 valence electrons. The van der Waals surface area contributed by atoms with E-state index in [1.807, 2.05) is 0 Å². The lowest BCUT2D eigenvalue weighted by atomic mass is 10.1. The molecule has 1 aliphatic rings. The van der Waals surface area contributed by atoms with Gasteiger partial charge in [0.05, 0.1) is 11.1 Å². The predicted octanol–water partition coefficient (Wildman–Crippen LogP) is 3.00. The van der Waals surface area contributed by atoms with E-state index < -0.39 is 11.6 Å². The predicted molar refractivity (Wildman–Crippen MR) is 93.9 cm³/mol. The van der Waals surface area contributed by atoms with Gasteiger partial charge in [-0.3, -0.25) is 19.3 Å². The van der Waals surface area contributed by atoms with E-state index in [1.165, 1.54) is 18.0 Å². The van der Waals surface area contributed by atoms with Crippen LogP contribution in [0.25, 0.3) is 0 Å². The van der Waals surface area contributed by atoms with Crippen LogP contribution in [-0.2, 0) is 11.3 Å². The van der Waals surface area contributed by atoms with Crippen LogP contribution in [0.1, 0.15) is 39.1 Å². The Bertz CT molecular complexity index is 879. The van der Waals surface area contributed by atoms with E-state index in [0.717, 1.165) is 17.0 Å². The summed E-state index contributed by atoms with van der Waals surface area (Å²) in [4.78, 5) is 39.2. The summed E-state index contributed by atoms with van der Waals surface area (Å²) >= 11 is 0. The highest BCUT2D eigenvalue weighted by atomic mass is 19.1. The highest BCUT2D eigenvalue weighted by Crippen LogP contribution is 2.22. The average Bonchev–Trinajstić information content (AvgIpc) is 2.89. The molecule has 0 aliphatic carbocycles. The van der Waals surface area contributed by atoms with Crippen molar-refractivity contribution in [3.63, 3.8) is 0 Å². The van der Waals surface area contributed by atoms with Gasteiger partial charge in [0, 0.05) is 38.2 Å². The van der Waals surface area contributed by atoms with Crippen LogP contribution in [0.3, 0.4) is 0 Å². The molecule has 0 aromatic heterocycles. The van der Waals surface area contributed by atoms with E-state index in [4.69, 9.17) is 0 Å². The van der Waals surface area contributed by atoms with Gasteiger partial charge in [-0.25, -0.2) is 8.78 Å². The molecule has 1 heterocycles. The van der Waals surface area contributed by atoms with Crippen LogP contribution in [0.15, 0.2) is 42.5 Å². The number of nitrogens with zero attached hydrogens (tertiary/aromatic N) is 2. The van der Waals surface area contributed by atoms with Gasteiger partial charge in [-0.15, -0.1) is 0 Å². The van der Waals surface area contributed by atoms with Crippen LogP contribution in [0, 0.1) is 11.6 Å². The summed E-state index contributed by atoms with van der Waals surface area (Å²) in [7, 11) is 1.52. The van der Waals surface area contributed by atoms with Gasteiger partial charge in [0.2, 0.25) is 5.91 Å². The molecule has 0 spiro atoms. The summed E-state index contributed by atoms with van der Waals surface area (Å²) in [6, 6.07) is 9.81. The van der Waals surface area contributed by atoms with E-state index in [1.54, 1.807) is 24.3 Å². The fourth-order valence-corrected chi connectivity index (χ4v) is 3.02. The number of halogens is 2. The Kier molecular flexibility index (Phi) is 5.30. The minimum absolute atomic E-state index is 0.0119. The highest BCUT2D eigenvalue weighted by Gasteiger charge is 2.34. The van der Waals surface area contributed by atoms with Crippen molar-refractivity contribution in [3.8, 4) is 0 Å². The number of benzene rings is 2. The smallest absolute Gasteiger partial charge is 0.261 e. The largest absolute Gasteiger partial charge is 0.341 e. The van der Waals surface area contributed by atoms with Crippen LogP contribution >= 0.6 is 0 Å². The van der Waals surface area contributed by atoms with Crippen molar-refractivity contribution in [1.82, 2.24) is 9.80 Å². The summed E-state index contributed by atoms with van der Waals surface area (Å²) in [6.07, 6.45) is 0.410. The highest BCUT2D eigenvalue weighted by molar-refractivity contribution is 6.21. The van der Waals surface area contributed by atoms with Crippen LogP contribution < -0.4 is 0 Å². The van der Waals surface area contributed by atoms with Gasteiger partial charge in [-0.2, -0.15) is 0 Å². The molecule has 7 heteroatoms. The molecule has 0 N–H and O–H groups in total. The molecule has 1 aliphatic heterocycles. The monoisotopic (exact) mass is 372 g/mol. The molecule has 0 radical (unpaired) electrons. The average molecular weight is 372 g/mol. The maximum atomic E-state index is 13.7. The number of imide groups is 1. The number of hydrogen-bond acceptors (Lipinski definition) is 3. The molecule has 3 amide bonds. The molecule has 0 bridgehead atoms. The Morgan fingerprint density at radius 3 is 2.26 bits per heavy atom. The molecule has 0 saturated heterocycles. The van der Waals surface area contributed by atoms with Crippen molar-refractivity contribution < 1.29 is 23.2 Å². The molecule has 0 unspecified atom stereocenters. The molecule has 0 saturated carbocycles. The van der Waals surface area contributed by atoms with Gasteiger partial charge in [-0.05, 0) is 24.6 Å². The fourth-order valence-electron chi connectivity index (χ4n) is 3.02. The summed E-state index contributed by atoms with van der Waals surface area (Å²) in [6.45, 7) is 0.148. The molecule has 27 heavy (non-hydrogen) atoms. The number of carbonyl (C=O) groups is 3. The zero-order valence-electron chi connectivity index (χ0n) is 14.7. The Morgan fingerprint density at radius 2 is 1.67 bits per heavy atom. The lowest BCUT2D eigenvalue weighted by Gasteiger charge is -2.19. The van der Waals surface area contributed by atoms with Crippen LogP contribution in [-0.4, -0.2) is 41.1 Å². The first-order chi connectivity index (χ1) is 12.9. The standard InChI is InChI=1S/C20H18F2N2O3/c1-23(12-13-8-9-14(21)11-17(13)22)18(25)7-4-10-24-19(26)15-5-2-3-6-16(15)20(24)27/h2-3,5-6,8-9,11H,4,7,10,12H2,1H3. The molecule has 3 rings (SSSR count).